The molecule has 0 saturated carbocycles. The van der Waals surface area contributed by atoms with E-state index in [1.54, 1.807) is 31.0 Å². The molecule has 20 heavy (non-hydrogen) atoms. The van der Waals surface area contributed by atoms with E-state index in [-0.39, 0.29) is 17.2 Å². The summed E-state index contributed by atoms with van der Waals surface area (Å²) in [4.78, 5) is 25.4. The Hall–Kier alpha value is -0.910. The second kappa shape index (κ2) is 6.24. The fourth-order valence-corrected chi connectivity index (χ4v) is 3.67. The summed E-state index contributed by atoms with van der Waals surface area (Å²) in [5.74, 6) is 0.111. The standard InChI is InChI=1S/C13H14Cl2N2O2S/c1-7(12(19)16-2)17-11(18)6-20-13(17)8-3-4-9(14)10(15)5-8/h3-5,7,13H,6H2,1-2H3,(H,16,19)/t7-,13+/m1/s1. The molecular formula is C13H14Cl2N2O2S. The molecule has 1 heterocycles. The van der Waals surface area contributed by atoms with E-state index in [4.69, 9.17) is 23.2 Å². The molecular weight excluding hydrogens is 319 g/mol. The van der Waals surface area contributed by atoms with E-state index < -0.39 is 6.04 Å². The summed E-state index contributed by atoms with van der Waals surface area (Å²) in [6.45, 7) is 1.72. The molecule has 2 atom stereocenters. The van der Waals surface area contributed by atoms with Crippen LogP contribution in [0, 0.1) is 0 Å². The summed E-state index contributed by atoms with van der Waals surface area (Å²) < 4.78 is 0. The number of carbonyl (C=O) groups is 2. The molecule has 1 N–H and O–H groups in total. The molecule has 0 aliphatic carbocycles. The first-order chi connectivity index (χ1) is 9.45. The zero-order valence-electron chi connectivity index (χ0n) is 11.0. The van der Waals surface area contributed by atoms with Crippen molar-refractivity contribution in [2.45, 2.75) is 18.3 Å². The lowest BCUT2D eigenvalue weighted by atomic mass is 10.1. The number of halogens is 2. The van der Waals surface area contributed by atoms with Crippen LogP contribution in [0.25, 0.3) is 0 Å². The maximum atomic E-state index is 12.0. The number of thioether (sulfide) groups is 1. The van der Waals surface area contributed by atoms with Crippen LogP contribution in [0.15, 0.2) is 18.2 Å². The number of nitrogens with zero attached hydrogens (tertiary/aromatic N) is 1. The van der Waals surface area contributed by atoms with E-state index in [1.165, 1.54) is 11.8 Å². The van der Waals surface area contributed by atoms with Gasteiger partial charge in [0.1, 0.15) is 11.4 Å². The molecule has 108 valence electrons. The number of likely N-dealkylation sites (N-methyl/N-ethyl adjacent to an activating group) is 1. The van der Waals surface area contributed by atoms with E-state index in [0.717, 1.165) is 5.56 Å². The normalized spacial score (nSPS) is 20.1. The monoisotopic (exact) mass is 332 g/mol. The molecule has 2 amide bonds. The van der Waals surface area contributed by atoms with E-state index >= 15 is 0 Å². The molecule has 7 heteroatoms. The first-order valence-electron chi connectivity index (χ1n) is 6.05. The minimum Gasteiger partial charge on any atom is -0.357 e. The van der Waals surface area contributed by atoms with Gasteiger partial charge < -0.3 is 10.2 Å². The van der Waals surface area contributed by atoms with Gasteiger partial charge in [0.05, 0.1) is 15.8 Å². The lowest BCUT2D eigenvalue weighted by molar-refractivity contribution is -0.137. The van der Waals surface area contributed by atoms with Crippen molar-refractivity contribution < 1.29 is 9.59 Å². The third kappa shape index (κ3) is 2.90. The Morgan fingerprint density at radius 2 is 2.15 bits per heavy atom. The summed E-state index contributed by atoms with van der Waals surface area (Å²) in [6, 6.07) is 4.74. The molecule has 1 aromatic rings. The molecule has 1 aliphatic rings. The van der Waals surface area contributed by atoms with Crippen LogP contribution < -0.4 is 5.32 Å². The van der Waals surface area contributed by atoms with Gasteiger partial charge in [-0.1, -0.05) is 29.3 Å². The SMILES string of the molecule is CNC(=O)[C@@H](C)N1C(=O)CS[C@H]1c1ccc(Cl)c(Cl)c1. The average molecular weight is 333 g/mol. The highest BCUT2D eigenvalue weighted by molar-refractivity contribution is 8.00. The summed E-state index contributed by atoms with van der Waals surface area (Å²) in [5.41, 5.74) is 0.867. The van der Waals surface area contributed by atoms with Crippen molar-refractivity contribution >= 4 is 46.8 Å². The molecule has 1 aromatic carbocycles. The Morgan fingerprint density at radius 3 is 2.75 bits per heavy atom. The van der Waals surface area contributed by atoms with E-state index in [2.05, 4.69) is 5.32 Å². The van der Waals surface area contributed by atoms with Gasteiger partial charge in [-0.25, -0.2) is 0 Å². The van der Waals surface area contributed by atoms with Gasteiger partial charge in [-0.3, -0.25) is 9.59 Å². The molecule has 0 spiro atoms. The van der Waals surface area contributed by atoms with Gasteiger partial charge in [-0.05, 0) is 24.6 Å². The van der Waals surface area contributed by atoms with Gasteiger partial charge in [-0.15, -0.1) is 11.8 Å². The topological polar surface area (TPSA) is 49.4 Å². The fraction of sp³-hybridized carbons (Fsp3) is 0.385. The summed E-state index contributed by atoms with van der Waals surface area (Å²) in [6.07, 6.45) is 0. The zero-order chi connectivity index (χ0) is 14.9. The van der Waals surface area contributed by atoms with Gasteiger partial charge in [0, 0.05) is 7.05 Å². The number of hydrogen-bond donors (Lipinski definition) is 1. The summed E-state index contributed by atoms with van der Waals surface area (Å²) >= 11 is 13.4. The van der Waals surface area contributed by atoms with Crippen LogP contribution >= 0.6 is 35.0 Å². The average Bonchev–Trinajstić information content (AvgIpc) is 2.82. The van der Waals surface area contributed by atoms with Gasteiger partial charge >= 0.3 is 0 Å². The smallest absolute Gasteiger partial charge is 0.242 e. The van der Waals surface area contributed by atoms with Crippen LogP contribution in [0.2, 0.25) is 10.0 Å². The number of nitrogens with one attached hydrogen (secondary N) is 1. The Kier molecular flexibility index (Phi) is 4.83. The van der Waals surface area contributed by atoms with Crippen molar-refractivity contribution in [2.24, 2.45) is 0 Å². The van der Waals surface area contributed by atoms with E-state index in [0.29, 0.717) is 15.8 Å². The Morgan fingerprint density at radius 1 is 1.45 bits per heavy atom. The van der Waals surface area contributed by atoms with Crippen LogP contribution in [0.5, 0.6) is 0 Å². The van der Waals surface area contributed by atoms with E-state index in [1.807, 2.05) is 6.07 Å². The van der Waals surface area contributed by atoms with Crippen LogP contribution in [-0.2, 0) is 9.59 Å². The summed E-state index contributed by atoms with van der Waals surface area (Å²) in [5, 5.41) is 3.26. The molecule has 1 aliphatic heterocycles. The van der Waals surface area contributed by atoms with Gasteiger partial charge in [0.15, 0.2) is 0 Å². The van der Waals surface area contributed by atoms with Crippen molar-refractivity contribution in [3.8, 4) is 0 Å². The Labute approximate surface area is 131 Å². The van der Waals surface area contributed by atoms with Crippen LogP contribution in [0.4, 0.5) is 0 Å². The van der Waals surface area contributed by atoms with Crippen molar-refractivity contribution in [3.63, 3.8) is 0 Å². The maximum absolute atomic E-state index is 12.0. The predicted octanol–water partition coefficient (Wildman–Crippen LogP) is 2.70. The number of amides is 2. The van der Waals surface area contributed by atoms with Crippen LogP contribution in [0.1, 0.15) is 17.9 Å². The first kappa shape index (κ1) is 15.5. The first-order valence-corrected chi connectivity index (χ1v) is 7.85. The minimum atomic E-state index is -0.526. The molecule has 1 fully saturated rings. The molecule has 0 unspecified atom stereocenters. The molecule has 0 radical (unpaired) electrons. The van der Waals surface area contributed by atoms with Crippen molar-refractivity contribution in [2.75, 3.05) is 12.8 Å². The molecule has 0 aromatic heterocycles. The van der Waals surface area contributed by atoms with E-state index in [9.17, 15) is 9.59 Å². The number of hydrogen-bond acceptors (Lipinski definition) is 3. The molecule has 2 rings (SSSR count). The van der Waals surface area contributed by atoms with Crippen molar-refractivity contribution in [1.29, 1.82) is 0 Å². The highest BCUT2D eigenvalue weighted by Crippen LogP contribution is 2.41. The van der Waals surface area contributed by atoms with Crippen molar-refractivity contribution in [1.82, 2.24) is 10.2 Å². The number of carbonyl (C=O) groups excluding carboxylic acids is 2. The highest BCUT2D eigenvalue weighted by atomic mass is 35.5. The lowest BCUT2D eigenvalue weighted by Gasteiger charge is -2.29. The van der Waals surface area contributed by atoms with Gasteiger partial charge in [0.2, 0.25) is 11.8 Å². The molecule has 4 nitrogen and oxygen atoms in total. The largest absolute Gasteiger partial charge is 0.357 e. The van der Waals surface area contributed by atoms with Crippen LogP contribution in [0.3, 0.4) is 0 Å². The van der Waals surface area contributed by atoms with Gasteiger partial charge in [0.25, 0.3) is 0 Å². The second-order valence-corrected chi connectivity index (χ2v) is 6.31. The second-order valence-electron chi connectivity index (χ2n) is 4.43. The predicted molar refractivity (Wildman–Crippen MR) is 82.0 cm³/mol. The quantitative estimate of drug-likeness (QED) is 0.925. The molecule has 0 bridgehead atoms. The lowest BCUT2D eigenvalue weighted by Crippen LogP contribution is -2.45. The maximum Gasteiger partial charge on any atom is 0.242 e. The minimum absolute atomic E-state index is 0.0535. The third-order valence-corrected chi connectivity index (χ3v) is 5.14. The van der Waals surface area contributed by atoms with Gasteiger partial charge in [-0.2, -0.15) is 0 Å². The third-order valence-electron chi connectivity index (χ3n) is 3.18. The Bertz CT molecular complexity index is 553. The Balaban J connectivity index is 2.32. The number of rotatable bonds is 3. The van der Waals surface area contributed by atoms with Crippen molar-refractivity contribution in [3.05, 3.63) is 33.8 Å². The highest BCUT2D eigenvalue weighted by Gasteiger charge is 2.38. The molecule has 1 saturated heterocycles. The number of benzene rings is 1. The fourth-order valence-electron chi connectivity index (χ4n) is 2.11. The zero-order valence-corrected chi connectivity index (χ0v) is 13.4. The summed E-state index contributed by atoms with van der Waals surface area (Å²) in [7, 11) is 1.56. The van der Waals surface area contributed by atoms with Crippen LogP contribution in [-0.4, -0.2) is 35.6 Å².